The van der Waals surface area contributed by atoms with Crippen LogP contribution < -0.4 is 0 Å². The zero-order chi connectivity index (χ0) is 10.2. The number of thiophene rings is 1. The maximum Gasteiger partial charge on any atom is 0.0943 e. The average Bonchev–Trinajstić information content (AvgIpc) is 2.72. The summed E-state index contributed by atoms with van der Waals surface area (Å²) in [6.07, 6.45) is 4.30. The summed E-state index contributed by atoms with van der Waals surface area (Å²) in [4.78, 5) is 0. The minimum Gasteiger partial charge on any atom is -0.385 e. The molecule has 1 heterocycles. The van der Waals surface area contributed by atoms with E-state index in [0.717, 1.165) is 35.7 Å². The van der Waals surface area contributed by atoms with Gasteiger partial charge in [0.15, 0.2) is 0 Å². The minimum absolute atomic E-state index is 0.438. The highest BCUT2D eigenvalue weighted by molar-refractivity contribution is 9.10. The van der Waals surface area contributed by atoms with Crippen LogP contribution in [-0.2, 0) is 5.60 Å². The largest absolute Gasteiger partial charge is 0.385 e. The first kappa shape index (κ1) is 10.7. The molecular formula is C11H15BrOS. The Kier molecular flexibility index (Phi) is 3.01. The van der Waals surface area contributed by atoms with Gasteiger partial charge in [0.2, 0.25) is 0 Å². The third kappa shape index (κ3) is 1.55. The van der Waals surface area contributed by atoms with Crippen molar-refractivity contribution in [1.82, 2.24) is 0 Å². The van der Waals surface area contributed by atoms with Gasteiger partial charge in [0.05, 0.1) is 5.60 Å². The molecule has 1 saturated carbocycles. The van der Waals surface area contributed by atoms with E-state index in [9.17, 15) is 5.11 Å². The van der Waals surface area contributed by atoms with E-state index in [4.69, 9.17) is 0 Å². The molecule has 3 heteroatoms. The smallest absolute Gasteiger partial charge is 0.0943 e. The summed E-state index contributed by atoms with van der Waals surface area (Å²) in [6, 6.07) is 0. The van der Waals surface area contributed by atoms with E-state index in [-0.39, 0.29) is 0 Å². The molecule has 1 fully saturated rings. The Morgan fingerprint density at radius 2 is 2.43 bits per heavy atom. The molecule has 0 bridgehead atoms. The van der Waals surface area contributed by atoms with Crippen molar-refractivity contribution < 1.29 is 5.11 Å². The summed E-state index contributed by atoms with van der Waals surface area (Å²) in [6.45, 7) is 2.17. The summed E-state index contributed by atoms with van der Waals surface area (Å²) < 4.78 is 1.07. The van der Waals surface area contributed by atoms with Gasteiger partial charge in [-0.1, -0.05) is 13.3 Å². The van der Waals surface area contributed by atoms with Gasteiger partial charge in [-0.3, -0.25) is 0 Å². The minimum atomic E-state index is -0.562. The Morgan fingerprint density at radius 1 is 1.64 bits per heavy atom. The summed E-state index contributed by atoms with van der Waals surface area (Å²) in [5.41, 5.74) is 0.542. The number of halogens is 1. The van der Waals surface area contributed by atoms with Crippen molar-refractivity contribution in [3.63, 3.8) is 0 Å². The number of hydrogen-bond donors (Lipinski definition) is 1. The van der Waals surface area contributed by atoms with E-state index in [2.05, 4.69) is 33.6 Å². The second-order valence-corrected chi connectivity index (χ2v) is 5.65. The lowest BCUT2D eigenvalue weighted by molar-refractivity contribution is -0.00411. The van der Waals surface area contributed by atoms with Crippen LogP contribution in [0.5, 0.6) is 0 Å². The van der Waals surface area contributed by atoms with Crippen molar-refractivity contribution in [2.75, 3.05) is 0 Å². The summed E-state index contributed by atoms with van der Waals surface area (Å²) in [5, 5.41) is 14.8. The van der Waals surface area contributed by atoms with Crippen LogP contribution in [-0.4, -0.2) is 5.11 Å². The van der Waals surface area contributed by atoms with Crippen molar-refractivity contribution in [2.24, 2.45) is 5.92 Å². The van der Waals surface area contributed by atoms with Crippen molar-refractivity contribution >= 4 is 27.3 Å². The highest BCUT2D eigenvalue weighted by Gasteiger charge is 2.42. The third-order valence-corrected chi connectivity index (χ3v) is 5.06. The van der Waals surface area contributed by atoms with Gasteiger partial charge in [-0.05, 0) is 46.5 Å². The molecule has 0 spiro atoms. The first-order valence-corrected chi connectivity index (χ1v) is 6.86. The van der Waals surface area contributed by atoms with Crippen molar-refractivity contribution in [3.8, 4) is 0 Å². The van der Waals surface area contributed by atoms with Crippen LogP contribution in [0.3, 0.4) is 0 Å². The number of aliphatic hydroxyl groups is 1. The maximum absolute atomic E-state index is 10.7. The van der Waals surface area contributed by atoms with Crippen LogP contribution in [0.2, 0.25) is 0 Å². The van der Waals surface area contributed by atoms with Crippen molar-refractivity contribution in [1.29, 1.82) is 0 Å². The van der Waals surface area contributed by atoms with Crippen molar-refractivity contribution in [3.05, 3.63) is 20.8 Å². The van der Waals surface area contributed by atoms with Crippen LogP contribution >= 0.6 is 27.3 Å². The Hall–Kier alpha value is 0.140. The Labute approximate surface area is 97.3 Å². The SMILES string of the molecule is CCC1CCCC1(O)c1cscc1Br. The van der Waals surface area contributed by atoms with E-state index in [1.54, 1.807) is 11.3 Å². The molecule has 1 aliphatic rings. The Morgan fingerprint density at radius 3 is 3.00 bits per heavy atom. The van der Waals surface area contributed by atoms with Gasteiger partial charge >= 0.3 is 0 Å². The molecule has 1 aromatic rings. The second kappa shape index (κ2) is 3.95. The van der Waals surface area contributed by atoms with E-state index in [1.807, 2.05) is 0 Å². The monoisotopic (exact) mass is 274 g/mol. The molecule has 1 nitrogen and oxygen atoms in total. The predicted molar refractivity (Wildman–Crippen MR) is 63.5 cm³/mol. The van der Waals surface area contributed by atoms with Gasteiger partial charge in [-0.2, -0.15) is 11.3 Å². The van der Waals surface area contributed by atoms with Gasteiger partial charge in [0.1, 0.15) is 0 Å². The average molecular weight is 275 g/mol. The van der Waals surface area contributed by atoms with E-state index >= 15 is 0 Å². The lowest BCUT2D eigenvalue weighted by atomic mass is 9.84. The van der Waals surface area contributed by atoms with Gasteiger partial charge in [-0.25, -0.2) is 0 Å². The van der Waals surface area contributed by atoms with Gasteiger partial charge in [0, 0.05) is 15.4 Å². The van der Waals surface area contributed by atoms with E-state index in [0.29, 0.717) is 5.92 Å². The van der Waals surface area contributed by atoms with Crippen LogP contribution in [0.1, 0.15) is 38.2 Å². The molecule has 0 amide bonds. The molecule has 0 radical (unpaired) electrons. The zero-order valence-corrected chi connectivity index (χ0v) is 10.7. The van der Waals surface area contributed by atoms with Crippen LogP contribution in [0.25, 0.3) is 0 Å². The topological polar surface area (TPSA) is 20.2 Å². The predicted octanol–water partition coefficient (Wildman–Crippen LogP) is 3.91. The van der Waals surface area contributed by atoms with Gasteiger partial charge in [-0.15, -0.1) is 0 Å². The molecule has 1 aliphatic carbocycles. The Bertz CT molecular complexity index is 323. The molecule has 1 N–H and O–H groups in total. The second-order valence-electron chi connectivity index (χ2n) is 4.06. The van der Waals surface area contributed by atoms with E-state index < -0.39 is 5.60 Å². The first-order valence-electron chi connectivity index (χ1n) is 5.13. The lowest BCUT2D eigenvalue weighted by Crippen LogP contribution is -2.29. The normalized spacial score (nSPS) is 32.4. The highest BCUT2D eigenvalue weighted by Crippen LogP contribution is 2.48. The molecular weight excluding hydrogens is 260 g/mol. The fourth-order valence-electron chi connectivity index (χ4n) is 2.55. The molecule has 0 aliphatic heterocycles. The van der Waals surface area contributed by atoms with Gasteiger partial charge < -0.3 is 5.11 Å². The molecule has 2 unspecified atom stereocenters. The first-order chi connectivity index (χ1) is 6.68. The number of hydrogen-bond acceptors (Lipinski definition) is 2. The third-order valence-electron chi connectivity index (χ3n) is 3.36. The molecule has 1 aromatic heterocycles. The number of rotatable bonds is 2. The molecule has 0 aromatic carbocycles. The molecule has 14 heavy (non-hydrogen) atoms. The maximum atomic E-state index is 10.7. The highest BCUT2D eigenvalue weighted by atomic mass is 79.9. The molecule has 2 atom stereocenters. The van der Waals surface area contributed by atoms with Crippen LogP contribution in [0, 0.1) is 5.92 Å². The van der Waals surface area contributed by atoms with E-state index in [1.165, 1.54) is 0 Å². The summed E-state index contributed by atoms with van der Waals surface area (Å²) in [7, 11) is 0. The van der Waals surface area contributed by atoms with Crippen molar-refractivity contribution in [2.45, 2.75) is 38.2 Å². The zero-order valence-electron chi connectivity index (χ0n) is 8.29. The molecule has 2 rings (SSSR count). The lowest BCUT2D eigenvalue weighted by Gasteiger charge is -2.29. The molecule has 78 valence electrons. The fourth-order valence-corrected chi connectivity index (χ4v) is 4.26. The fraction of sp³-hybridized carbons (Fsp3) is 0.636. The molecule has 0 saturated heterocycles. The summed E-state index contributed by atoms with van der Waals surface area (Å²) >= 11 is 5.18. The Balaban J connectivity index is 2.36. The van der Waals surface area contributed by atoms with Crippen LogP contribution in [0.4, 0.5) is 0 Å². The quantitative estimate of drug-likeness (QED) is 0.867. The summed E-state index contributed by atoms with van der Waals surface area (Å²) in [5.74, 6) is 0.438. The standard InChI is InChI=1S/C11H15BrOS/c1-2-8-4-3-5-11(8,13)9-6-14-7-10(9)12/h6-8,13H,2-5H2,1H3. The van der Waals surface area contributed by atoms with Crippen LogP contribution in [0.15, 0.2) is 15.2 Å². The van der Waals surface area contributed by atoms with Gasteiger partial charge in [0.25, 0.3) is 0 Å².